The largest absolute Gasteiger partial charge is 0.466 e. The SMILES string of the molecule is O=C1CCCCCCC/C=C\CCCCCCCCO1. The third-order valence-corrected chi connectivity index (χ3v) is 3.95. The summed E-state index contributed by atoms with van der Waals surface area (Å²) in [4.78, 5) is 11.5. The molecule has 0 spiro atoms. The normalized spacial score (nSPS) is 23.9. The fraction of sp³-hybridized carbons (Fsp3) is 0.833. The molecule has 0 aromatic carbocycles. The molecule has 2 nitrogen and oxygen atoms in total. The third-order valence-electron chi connectivity index (χ3n) is 3.95. The molecule has 0 bridgehead atoms. The summed E-state index contributed by atoms with van der Waals surface area (Å²) in [7, 11) is 0. The minimum Gasteiger partial charge on any atom is -0.466 e. The summed E-state index contributed by atoms with van der Waals surface area (Å²) in [5, 5.41) is 0. The van der Waals surface area contributed by atoms with E-state index in [2.05, 4.69) is 12.2 Å². The minimum atomic E-state index is 0.00542. The first kappa shape index (κ1) is 17.3. The maximum absolute atomic E-state index is 11.5. The lowest BCUT2D eigenvalue weighted by Crippen LogP contribution is -2.05. The smallest absolute Gasteiger partial charge is 0.305 e. The number of esters is 1. The van der Waals surface area contributed by atoms with E-state index in [9.17, 15) is 4.79 Å². The first-order valence-electron chi connectivity index (χ1n) is 8.70. The molecule has 1 aliphatic rings. The molecule has 1 heterocycles. The van der Waals surface area contributed by atoms with Gasteiger partial charge in [-0.25, -0.2) is 0 Å². The molecular weight excluding hydrogens is 248 g/mol. The molecule has 0 saturated carbocycles. The number of rotatable bonds is 0. The van der Waals surface area contributed by atoms with Crippen molar-refractivity contribution in [3.05, 3.63) is 12.2 Å². The van der Waals surface area contributed by atoms with Crippen LogP contribution in [0, 0.1) is 0 Å². The average Bonchev–Trinajstić information content (AvgIpc) is 2.45. The van der Waals surface area contributed by atoms with E-state index < -0.39 is 0 Å². The van der Waals surface area contributed by atoms with Crippen LogP contribution in [0.1, 0.15) is 89.9 Å². The monoisotopic (exact) mass is 280 g/mol. The van der Waals surface area contributed by atoms with Crippen LogP contribution < -0.4 is 0 Å². The predicted octanol–water partition coefficient (Wildman–Crippen LogP) is 5.56. The van der Waals surface area contributed by atoms with Gasteiger partial charge in [0, 0.05) is 6.42 Å². The Morgan fingerprint density at radius 3 is 1.80 bits per heavy atom. The van der Waals surface area contributed by atoms with Crippen molar-refractivity contribution in [2.24, 2.45) is 0 Å². The van der Waals surface area contributed by atoms with Gasteiger partial charge in [-0.15, -0.1) is 0 Å². The zero-order valence-corrected chi connectivity index (χ0v) is 13.1. The molecule has 116 valence electrons. The molecule has 0 amide bonds. The zero-order valence-electron chi connectivity index (χ0n) is 13.1. The number of cyclic esters (lactones) is 1. The molecule has 0 unspecified atom stereocenters. The van der Waals surface area contributed by atoms with E-state index in [1.807, 2.05) is 0 Å². The highest BCUT2D eigenvalue weighted by Crippen LogP contribution is 2.11. The molecule has 0 saturated heterocycles. The predicted molar refractivity (Wildman–Crippen MR) is 84.7 cm³/mol. The van der Waals surface area contributed by atoms with Crippen LogP contribution in [-0.2, 0) is 9.53 Å². The van der Waals surface area contributed by atoms with E-state index in [0.717, 1.165) is 12.8 Å². The highest BCUT2D eigenvalue weighted by molar-refractivity contribution is 5.69. The minimum absolute atomic E-state index is 0.00542. The second-order valence-corrected chi connectivity index (χ2v) is 5.91. The molecule has 0 radical (unpaired) electrons. The number of hydrogen-bond donors (Lipinski definition) is 0. The fourth-order valence-corrected chi connectivity index (χ4v) is 2.63. The fourth-order valence-electron chi connectivity index (χ4n) is 2.63. The van der Waals surface area contributed by atoms with E-state index in [1.165, 1.54) is 70.6 Å². The second kappa shape index (κ2) is 13.2. The van der Waals surface area contributed by atoms with Crippen molar-refractivity contribution in [2.45, 2.75) is 89.9 Å². The van der Waals surface area contributed by atoms with Gasteiger partial charge in [0.05, 0.1) is 6.61 Å². The standard InChI is InChI=1S/C18H32O2/c19-18-16-14-12-10-8-6-4-2-1-3-5-7-9-11-13-15-17-20-18/h1-2H,3-17H2/b2-1-. The van der Waals surface area contributed by atoms with Gasteiger partial charge in [0.2, 0.25) is 0 Å². The zero-order chi connectivity index (χ0) is 14.3. The van der Waals surface area contributed by atoms with E-state index in [-0.39, 0.29) is 5.97 Å². The van der Waals surface area contributed by atoms with Gasteiger partial charge in [0.1, 0.15) is 0 Å². The number of carbonyl (C=O) groups excluding carboxylic acids is 1. The summed E-state index contributed by atoms with van der Waals surface area (Å²) in [6.07, 6.45) is 21.3. The third kappa shape index (κ3) is 11.1. The Labute approximate surface area is 125 Å². The summed E-state index contributed by atoms with van der Waals surface area (Å²) < 4.78 is 5.26. The van der Waals surface area contributed by atoms with Gasteiger partial charge in [-0.05, 0) is 38.5 Å². The molecular formula is C18H32O2. The Balaban J connectivity index is 2.15. The lowest BCUT2D eigenvalue weighted by molar-refractivity contribution is -0.143. The second-order valence-electron chi connectivity index (χ2n) is 5.91. The van der Waals surface area contributed by atoms with Crippen molar-refractivity contribution in [1.82, 2.24) is 0 Å². The molecule has 0 aliphatic carbocycles. The molecule has 20 heavy (non-hydrogen) atoms. The van der Waals surface area contributed by atoms with Gasteiger partial charge in [-0.2, -0.15) is 0 Å². The Morgan fingerprint density at radius 1 is 0.650 bits per heavy atom. The number of carbonyl (C=O) groups is 1. The number of allylic oxidation sites excluding steroid dienone is 2. The Morgan fingerprint density at radius 2 is 1.15 bits per heavy atom. The van der Waals surface area contributed by atoms with Gasteiger partial charge in [-0.1, -0.05) is 57.1 Å². The van der Waals surface area contributed by atoms with Crippen molar-refractivity contribution >= 4 is 5.97 Å². The van der Waals surface area contributed by atoms with Crippen molar-refractivity contribution in [2.75, 3.05) is 6.61 Å². The van der Waals surface area contributed by atoms with Crippen LogP contribution in [0.25, 0.3) is 0 Å². The molecule has 1 aliphatic heterocycles. The van der Waals surface area contributed by atoms with Crippen LogP contribution >= 0.6 is 0 Å². The average molecular weight is 280 g/mol. The highest BCUT2D eigenvalue weighted by atomic mass is 16.5. The van der Waals surface area contributed by atoms with Crippen molar-refractivity contribution < 1.29 is 9.53 Å². The van der Waals surface area contributed by atoms with Crippen LogP contribution in [-0.4, -0.2) is 12.6 Å². The van der Waals surface area contributed by atoms with Gasteiger partial charge < -0.3 is 4.74 Å². The summed E-state index contributed by atoms with van der Waals surface area (Å²) in [6, 6.07) is 0. The van der Waals surface area contributed by atoms with E-state index >= 15 is 0 Å². The molecule has 2 heteroatoms. The first-order chi connectivity index (χ1) is 9.89. The lowest BCUT2D eigenvalue weighted by atomic mass is 10.1. The van der Waals surface area contributed by atoms with Crippen LogP contribution in [0.4, 0.5) is 0 Å². The maximum atomic E-state index is 11.5. The molecule has 0 N–H and O–H groups in total. The van der Waals surface area contributed by atoms with Gasteiger partial charge in [0.25, 0.3) is 0 Å². The molecule has 0 aromatic heterocycles. The lowest BCUT2D eigenvalue weighted by Gasteiger charge is -2.05. The molecule has 0 atom stereocenters. The van der Waals surface area contributed by atoms with E-state index in [0.29, 0.717) is 13.0 Å². The van der Waals surface area contributed by atoms with Crippen LogP contribution in [0.2, 0.25) is 0 Å². The first-order valence-corrected chi connectivity index (χ1v) is 8.70. The Bertz CT molecular complexity index is 258. The van der Waals surface area contributed by atoms with Crippen molar-refractivity contribution in [3.8, 4) is 0 Å². The van der Waals surface area contributed by atoms with Gasteiger partial charge >= 0.3 is 5.97 Å². The van der Waals surface area contributed by atoms with Crippen LogP contribution in [0.5, 0.6) is 0 Å². The van der Waals surface area contributed by atoms with Gasteiger partial charge in [-0.3, -0.25) is 4.79 Å². The van der Waals surface area contributed by atoms with Crippen LogP contribution in [0.3, 0.4) is 0 Å². The topological polar surface area (TPSA) is 26.3 Å². The van der Waals surface area contributed by atoms with E-state index in [4.69, 9.17) is 4.74 Å². The number of hydrogen-bond acceptors (Lipinski definition) is 2. The highest BCUT2D eigenvalue weighted by Gasteiger charge is 2.02. The number of ether oxygens (including phenoxy) is 1. The summed E-state index contributed by atoms with van der Waals surface area (Å²) in [5.74, 6) is 0.00542. The van der Waals surface area contributed by atoms with Gasteiger partial charge in [0.15, 0.2) is 0 Å². The molecule has 0 aromatic rings. The Hall–Kier alpha value is -0.790. The quantitative estimate of drug-likeness (QED) is 0.429. The van der Waals surface area contributed by atoms with Crippen molar-refractivity contribution in [1.29, 1.82) is 0 Å². The summed E-state index contributed by atoms with van der Waals surface area (Å²) >= 11 is 0. The van der Waals surface area contributed by atoms with Crippen LogP contribution in [0.15, 0.2) is 12.2 Å². The maximum Gasteiger partial charge on any atom is 0.305 e. The van der Waals surface area contributed by atoms with Crippen molar-refractivity contribution in [3.63, 3.8) is 0 Å². The Kier molecular flexibility index (Phi) is 11.4. The summed E-state index contributed by atoms with van der Waals surface area (Å²) in [6.45, 7) is 0.627. The molecule has 1 rings (SSSR count). The van der Waals surface area contributed by atoms with E-state index in [1.54, 1.807) is 0 Å². The molecule has 0 fully saturated rings. The summed E-state index contributed by atoms with van der Waals surface area (Å²) in [5.41, 5.74) is 0.